The number of nitrogens with zero attached hydrogens (tertiary/aromatic N) is 2. The molecule has 1 N–H and O–H groups in total. The van der Waals surface area contributed by atoms with E-state index in [1.807, 2.05) is 42.1 Å². The van der Waals surface area contributed by atoms with Gasteiger partial charge in [0.25, 0.3) is 0 Å². The summed E-state index contributed by atoms with van der Waals surface area (Å²) in [7, 11) is 0. The molecule has 4 rings (SSSR count). The zero-order valence-corrected chi connectivity index (χ0v) is 14.3. The Morgan fingerprint density at radius 2 is 2.00 bits per heavy atom. The molecular formula is C19H17N3O2S. The zero-order chi connectivity index (χ0) is 17.2. The molecule has 0 saturated carbocycles. The smallest absolute Gasteiger partial charge is 0.242 e. The third-order valence-corrected chi connectivity index (χ3v) is 5.47. The summed E-state index contributed by atoms with van der Waals surface area (Å²) in [5, 5.41) is 7.81. The lowest BCUT2D eigenvalue weighted by Crippen LogP contribution is -2.34. The Morgan fingerprint density at radius 1 is 1.20 bits per heavy atom. The number of carbonyl (C=O) groups is 1. The minimum atomic E-state index is -0.134. The largest absolute Gasteiger partial charge is 0.348 e. The van der Waals surface area contributed by atoms with Crippen LogP contribution in [0.4, 0.5) is 0 Å². The molecule has 25 heavy (non-hydrogen) atoms. The average molecular weight is 351 g/mol. The van der Waals surface area contributed by atoms with Crippen LogP contribution in [0, 0.1) is 0 Å². The molecular weight excluding hydrogens is 334 g/mol. The van der Waals surface area contributed by atoms with Gasteiger partial charge in [-0.25, -0.2) is 0 Å². The van der Waals surface area contributed by atoms with Gasteiger partial charge >= 0.3 is 0 Å². The molecule has 1 aliphatic rings. The maximum Gasteiger partial charge on any atom is 0.242 e. The highest BCUT2D eigenvalue weighted by molar-refractivity contribution is 7.99. The van der Waals surface area contributed by atoms with Gasteiger partial charge in [-0.3, -0.25) is 14.3 Å². The molecule has 126 valence electrons. The van der Waals surface area contributed by atoms with Crippen LogP contribution in [-0.4, -0.2) is 21.4 Å². The number of rotatable bonds is 3. The third-order valence-electron chi connectivity index (χ3n) is 4.35. The highest BCUT2D eigenvalue weighted by Crippen LogP contribution is 2.35. The standard InChI is InChI=1S/C19H17N3O2S/c23-17-11-20-22(16-7-3-1-6-14(16)17)12-19(24)21-15-9-10-25-18-8-4-2-5-13(15)18/h1-8,11,15H,9-10,12H2,(H,21,24)/t15-/m0/s1. The van der Waals surface area contributed by atoms with E-state index in [0.717, 1.165) is 12.2 Å². The number of fused-ring (bicyclic) bond motifs is 2. The molecule has 3 aromatic rings. The van der Waals surface area contributed by atoms with Gasteiger partial charge in [-0.05, 0) is 30.2 Å². The van der Waals surface area contributed by atoms with E-state index in [1.165, 1.54) is 16.7 Å². The molecule has 2 heterocycles. The van der Waals surface area contributed by atoms with E-state index >= 15 is 0 Å². The lowest BCUT2D eigenvalue weighted by Gasteiger charge is -2.26. The van der Waals surface area contributed by atoms with Crippen LogP contribution in [0.15, 0.2) is 64.4 Å². The predicted octanol–water partition coefficient (Wildman–Crippen LogP) is 2.75. The van der Waals surface area contributed by atoms with Gasteiger partial charge in [0.05, 0.1) is 17.8 Å². The fourth-order valence-corrected chi connectivity index (χ4v) is 4.28. The first kappa shape index (κ1) is 15.9. The van der Waals surface area contributed by atoms with Gasteiger partial charge in [0.2, 0.25) is 11.3 Å². The quantitative estimate of drug-likeness (QED) is 0.788. The fourth-order valence-electron chi connectivity index (χ4n) is 3.15. The maximum atomic E-state index is 12.6. The molecule has 2 aromatic carbocycles. The maximum absolute atomic E-state index is 12.6. The molecule has 5 nitrogen and oxygen atoms in total. The van der Waals surface area contributed by atoms with Crippen LogP contribution in [0.1, 0.15) is 18.0 Å². The van der Waals surface area contributed by atoms with Crippen LogP contribution in [0.25, 0.3) is 10.9 Å². The average Bonchev–Trinajstić information content (AvgIpc) is 2.65. The summed E-state index contributed by atoms with van der Waals surface area (Å²) >= 11 is 1.82. The van der Waals surface area contributed by atoms with Crippen LogP contribution in [0.3, 0.4) is 0 Å². The summed E-state index contributed by atoms with van der Waals surface area (Å²) in [4.78, 5) is 25.7. The number of nitrogens with one attached hydrogen (secondary N) is 1. The molecule has 0 radical (unpaired) electrons. The van der Waals surface area contributed by atoms with Crippen LogP contribution in [0.2, 0.25) is 0 Å². The van der Waals surface area contributed by atoms with Gasteiger partial charge in [0.1, 0.15) is 6.54 Å². The van der Waals surface area contributed by atoms with Crippen molar-refractivity contribution < 1.29 is 4.79 Å². The molecule has 1 aliphatic heterocycles. The topological polar surface area (TPSA) is 64.0 Å². The Labute approximate surface area is 149 Å². The molecule has 1 atom stereocenters. The highest BCUT2D eigenvalue weighted by Gasteiger charge is 2.22. The first-order chi connectivity index (χ1) is 12.2. The summed E-state index contributed by atoms with van der Waals surface area (Å²) in [5.74, 6) is 0.884. The Morgan fingerprint density at radius 3 is 2.92 bits per heavy atom. The highest BCUT2D eigenvalue weighted by atomic mass is 32.2. The SMILES string of the molecule is O=C(Cn1ncc(=O)c2ccccc21)N[C@H]1CCSc2ccccc21. The van der Waals surface area contributed by atoms with E-state index in [4.69, 9.17) is 0 Å². The minimum Gasteiger partial charge on any atom is -0.348 e. The number of thioether (sulfide) groups is 1. The van der Waals surface area contributed by atoms with Crippen molar-refractivity contribution >= 4 is 28.6 Å². The molecule has 1 amide bonds. The van der Waals surface area contributed by atoms with E-state index in [9.17, 15) is 9.59 Å². The summed E-state index contributed by atoms with van der Waals surface area (Å²) in [5.41, 5.74) is 1.71. The van der Waals surface area contributed by atoms with Crippen LogP contribution < -0.4 is 10.7 Å². The Kier molecular flexibility index (Phi) is 4.28. The first-order valence-electron chi connectivity index (χ1n) is 8.18. The normalized spacial score (nSPS) is 16.4. The van der Waals surface area contributed by atoms with E-state index < -0.39 is 0 Å². The zero-order valence-electron chi connectivity index (χ0n) is 13.5. The van der Waals surface area contributed by atoms with Gasteiger partial charge in [0, 0.05) is 16.0 Å². The van der Waals surface area contributed by atoms with Gasteiger partial charge in [0.15, 0.2) is 0 Å². The molecule has 0 aliphatic carbocycles. The molecule has 1 aromatic heterocycles. The number of hydrogen-bond donors (Lipinski definition) is 1. The van der Waals surface area contributed by atoms with Crippen molar-refractivity contribution in [1.29, 1.82) is 0 Å². The van der Waals surface area contributed by atoms with Gasteiger partial charge in [-0.2, -0.15) is 5.10 Å². The second kappa shape index (κ2) is 6.72. The van der Waals surface area contributed by atoms with Crippen molar-refractivity contribution in [1.82, 2.24) is 15.1 Å². The van der Waals surface area contributed by atoms with E-state index in [1.54, 1.807) is 10.7 Å². The molecule has 0 bridgehead atoms. The van der Waals surface area contributed by atoms with Crippen LogP contribution in [-0.2, 0) is 11.3 Å². The number of hydrogen-bond acceptors (Lipinski definition) is 4. The summed E-state index contributed by atoms with van der Waals surface area (Å²) in [6.07, 6.45) is 2.17. The van der Waals surface area contributed by atoms with E-state index in [2.05, 4.69) is 22.5 Å². The number of carbonyl (C=O) groups excluding carboxylic acids is 1. The van der Waals surface area contributed by atoms with E-state index in [0.29, 0.717) is 10.9 Å². The molecule has 0 spiro atoms. The van der Waals surface area contributed by atoms with Gasteiger partial charge in [-0.1, -0.05) is 30.3 Å². The summed E-state index contributed by atoms with van der Waals surface area (Å²) in [6.45, 7) is 0.0899. The molecule has 0 unspecified atom stereocenters. The monoisotopic (exact) mass is 351 g/mol. The Hall–Kier alpha value is -2.60. The third kappa shape index (κ3) is 3.17. The first-order valence-corrected chi connectivity index (χ1v) is 9.17. The number of para-hydroxylation sites is 1. The molecule has 0 fully saturated rings. The summed E-state index contributed by atoms with van der Waals surface area (Å²) in [6, 6.07) is 15.4. The second-order valence-corrected chi connectivity index (χ2v) is 7.12. The van der Waals surface area contributed by atoms with Crippen molar-refractivity contribution in [3.05, 3.63) is 70.5 Å². The Balaban J connectivity index is 1.56. The lowest BCUT2D eigenvalue weighted by molar-refractivity contribution is -0.122. The predicted molar refractivity (Wildman–Crippen MR) is 98.7 cm³/mol. The van der Waals surface area contributed by atoms with Crippen molar-refractivity contribution in [2.45, 2.75) is 23.9 Å². The van der Waals surface area contributed by atoms with E-state index in [-0.39, 0.29) is 23.9 Å². The van der Waals surface area contributed by atoms with Crippen LogP contribution in [0.5, 0.6) is 0 Å². The second-order valence-electron chi connectivity index (χ2n) is 5.98. The van der Waals surface area contributed by atoms with Crippen LogP contribution >= 0.6 is 11.8 Å². The molecule has 6 heteroatoms. The number of aromatic nitrogens is 2. The number of amides is 1. The lowest BCUT2D eigenvalue weighted by atomic mass is 10.0. The summed E-state index contributed by atoms with van der Waals surface area (Å²) < 4.78 is 1.58. The van der Waals surface area contributed by atoms with Gasteiger partial charge in [-0.15, -0.1) is 11.8 Å². The number of benzene rings is 2. The van der Waals surface area contributed by atoms with Crippen molar-refractivity contribution in [3.8, 4) is 0 Å². The molecule has 0 saturated heterocycles. The van der Waals surface area contributed by atoms with Crippen molar-refractivity contribution in [3.63, 3.8) is 0 Å². The Bertz CT molecular complexity index is 999. The van der Waals surface area contributed by atoms with Crippen molar-refractivity contribution in [2.75, 3.05) is 5.75 Å². The van der Waals surface area contributed by atoms with Crippen molar-refractivity contribution in [2.24, 2.45) is 0 Å². The minimum absolute atomic E-state index is 0.0237. The van der Waals surface area contributed by atoms with Gasteiger partial charge < -0.3 is 5.32 Å². The fraction of sp³-hybridized carbons (Fsp3) is 0.211.